The molecule has 0 spiro atoms. The van der Waals surface area contributed by atoms with Crippen molar-refractivity contribution in [3.05, 3.63) is 82.4 Å². The van der Waals surface area contributed by atoms with E-state index in [9.17, 15) is 40.3 Å². The van der Waals surface area contributed by atoms with Gasteiger partial charge in [-0.1, -0.05) is 0 Å². The van der Waals surface area contributed by atoms with Gasteiger partial charge in [-0.2, -0.15) is 13.2 Å². The summed E-state index contributed by atoms with van der Waals surface area (Å²) in [5.41, 5.74) is -2.81. The summed E-state index contributed by atoms with van der Waals surface area (Å²) in [7, 11) is 0. The number of carbonyl (C=O) groups is 2. The van der Waals surface area contributed by atoms with E-state index in [0.29, 0.717) is 31.0 Å². The van der Waals surface area contributed by atoms with Gasteiger partial charge in [0.05, 0.1) is 11.1 Å². The lowest BCUT2D eigenvalue weighted by Gasteiger charge is -2.18. The van der Waals surface area contributed by atoms with Crippen LogP contribution in [0.25, 0.3) is 0 Å². The topological polar surface area (TPSA) is 96.9 Å². The molecule has 1 saturated carbocycles. The minimum absolute atomic E-state index is 0.158. The van der Waals surface area contributed by atoms with Crippen molar-refractivity contribution < 1.29 is 59.4 Å². The van der Waals surface area contributed by atoms with E-state index in [-0.39, 0.29) is 22.9 Å². The van der Waals surface area contributed by atoms with E-state index in [1.807, 2.05) is 5.32 Å². The highest BCUT2D eigenvalue weighted by Crippen LogP contribution is 2.47. The maximum atomic E-state index is 15.2. The standard InChI is InChI=1S/C25H16F8N2O5/c26-17-6-3-12(9-15(17)22(36)35-38)34-23(37)20-19(8-5-16(21(20)27)24(28,29)30)39-18-7-4-13(40-25(31,32)33)10-14(18)11-1-2-11/h3-11,38H,1-2H2,(H,34,37)(H,35,36). The van der Waals surface area contributed by atoms with Gasteiger partial charge in [0, 0.05) is 11.3 Å². The molecule has 3 aromatic rings. The fourth-order valence-electron chi connectivity index (χ4n) is 3.75. The second kappa shape index (κ2) is 10.6. The van der Waals surface area contributed by atoms with E-state index in [1.54, 1.807) is 0 Å². The number of amides is 2. The molecule has 3 aromatic carbocycles. The van der Waals surface area contributed by atoms with Gasteiger partial charge in [-0.15, -0.1) is 13.2 Å². The SMILES string of the molecule is O=C(NO)c1cc(NC(=O)c2c(Oc3ccc(OC(F)(F)F)cc3C3CC3)ccc(C(F)(F)F)c2F)ccc1F. The quantitative estimate of drug-likeness (QED) is 0.161. The number of ether oxygens (including phenoxy) is 2. The van der Waals surface area contributed by atoms with Crippen molar-refractivity contribution in [2.24, 2.45) is 0 Å². The summed E-state index contributed by atoms with van der Waals surface area (Å²) in [6, 6.07) is 6.26. The zero-order valence-corrected chi connectivity index (χ0v) is 19.7. The first-order chi connectivity index (χ1) is 18.7. The molecule has 0 aromatic heterocycles. The monoisotopic (exact) mass is 576 g/mol. The Morgan fingerprint density at radius 1 is 0.875 bits per heavy atom. The van der Waals surface area contributed by atoms with Crippen LogP contribution in [-0.2, 0) is 6.18 Å². The Kier molecular flexibility index (Phi) is 7.61. The molecule has 7 nitrogen and oxygen atoms in total. The summed E-state index contributed by atoms with van der Waals surface area (Å²) < 4.78 is 117. The Bertz CT molecular complexity index is 1470. The lowest BCUT2D eigenvalue weighted by Crippen LogP contribution is -2.21. The minimum atomic E-state index is -5.23. The molecule has 0 unspecified atom stereocenters. The summed E-state index contributed by atoms with van der Waals surface area (Å²) in [5, 5.41) is 10.8. The largest absolute Gasteiger partial charge is 0.573 e. The second-order valence-corrected chi connectivity index (χ2v) is 8.51. The van der Waals surface area contributed by atoms with Crippen LogP contribution in [0.5, 0.6) is 17.2 Å². The zero-order valence-electron chi connectivity index (χ0n) is 19.7. The van der Waals surface area contributed by atoms with E-state index in [1.165, 1.54) is 5.48 Å². The summed E-state index contributed by atoms with van der Waals surface area (Å²) in [6.45, 7) is 0. The van der Waals surface area contributed by atoms with Crippen LogP contribution >= 0.6 is 0 Å². The van der Waals surface area contributed by atoms with Crippen molar-refractivity contribution in [2.45, 2.75) is 31.3 Å². The summed E-state index contributed by atoms with van der Waals surface area (Å²) >= 11 is 0. The number of hydroxylamine groups is 1. The van der Waals surface area contributed by atoms with Gasteiger partial charge in [0.15, 0.2) is 5.82 Å². The predicted molar refractivity (Wildman–Crippen MR) is 120 cm³/mol. The number of anilines is 1. The normalized spacial score (nSPS) is 13.5. The Morgan fingerprint density at radius 3 is 2.15 bits per heavy atom. The molecule has 0 bridgehead atoms. The van der Waals surface area contributed by atoms with Gasteiger partial charge in [-0.05, 0) is 67.3 Å². The maximum absolute atomic E-state index is 15.2. The molecule has 1 fully saturated rings. The number of hydrogen-bond acceptors (Lipinski definition) is 5. The number of halogens is 8. The molecule has 40 heavy (non-hydrogen) atoms. The van der Waals surface area contributed by atoms with Gasteiger partial charge in [-0.3, -0.25) is 14.8 Å². The predicted octanol–water partition coefficient (Wildman–Crippen LogP) is 6.92. The van der Waals surface area contributed by atoms with Crippen LogP contribution in [-0.4, -0.2) is 23.4 Å². The third kappa shape index (κ3) is 6.42. The van der Waals surface area contributed by atoms with Crippen molar-refractivity contribution in [1.29, 1.82) is 0 Å². The van der Waals surface area contributed by atoms with Crippen molar-refractivity contribution in [1.82, 2.24) is 5.48 Å². The number of alkyl halides is 6. The van der Waals surface area contributed by atoms with Crippen molar-refractivity contribution >= 4 is 17.5 Å². The van der Waals surface area contributed by atoms with Crippen LogP contribution in [0.4, 0.5) is 40.8 Å². The molecule has 1 aliphatic rings. The van der Waals surface area contributed by atoms with E-state index >= 15 is 4.39 Å². The Balaban J connectivity index is 1.75. The number of benzene rings is 3. The summed E-state index contributed by atoms with van der Waals surface area (Å²) in [6.07, 6.45) is -9.12. The van der Waals surface area contributed by atoms with Crippen LogP contribution in [0.15, 0.2) is 48.5 Å². The van der Waals surface area contributed by atoms with Gasteiger partial charge < -0.3 is 14.8 Å². The molecule has 0 heterocycles. The first-order valence-corrected chi connectivity index (χ1v) is 11.2. The maximum Gasteiger partial charge on any atom is 0.573 e. The third-order valence-corrected chi connectivity index (χ3v) is 5.66. The van der Waals surface area contributed by atoms with E-state index < -0.39 is 64.2 Å². The molecular formula is C25H16F8N2O5. The van der Waals surface area contributed by atoms with Gasteiger partial charge in [-0.25, -0.2) is 14.3 Å². The molecule has 0 saturated heterocycles. The Labute approximate surface area is 219 Å². The van der Waals surface area contributed by atoms with Crippen molar-refractivity contribution in [3.63, 3.8) is 0 Å². The smallest absolute Gasteiger partial charge is 0.456 e. The average molecular weight is 576 g/mol. The van der Waals surface area contributed by atoms with Gasteiger partial charge in [0.1, 0.15) is 28.6 Å². The molecule has 0 atom stereocenters. The van der Waals surface area contributed by atoms with Crippen LogP contribution < -0.4 is 20.3 Å². The average Bonchev–Trinajstić information content (AvgIpc) is 3.69. The molecule has 2 amide bonds. The lowest BCUT2D eigenvalue weighted by atomic mass is 10.1. The molecule has 15 heteroatoms. The number of hydrogen-bond donors (Lipinski definition) is 3. The molecule has 212 valence electrons. The highest BCUT2D eigenvalue weighted by Gasteiger charge is 2.38. The van der Waals surface area contributed by atoms with Crippen molar-refractivity contribution in [2.75, 3.05) is 5.32 Å². The summed E-state index contributed by atoms with van der Waals surface area (Å²) in [4.78, 5) is 24.6. The highest BCUT2D eigenvalue weighted by atomic mass is 19.4. The van der Waals surface area contributed by atoms with Gasteiger partial charge >= 0.3 is 12.5 Å². The van der Waals surface area contributed by atoms with Crippen LogP contribution in [0, 0.1) is 11.6 Å². The first-order valence-electron chi connectivity index (χ1n) is 11.2. The molecule has 0 aliphatic heterocycles. The summed E-state index contributed by atoms with van der Waals surface area (Å²) in [5.74, 6) is -7.69. The third-order valence-electron chi connectivity index (χ3n) is 5.66. The number of carbonyl (C=O) groups excluding carboxylic acids is 2. The van der Waals surface area contributed by atoms with Crippen LogP contribution in [0.3, 0.4) is 0 Å². The Hall–Kier alpha value is -4.40. The fraction of sp³-hybridized carbons (Fsp3) is 0.200. The minimum Gasteiger partial charge on any atom is -0.456 e. The Morgan fingerprint density at radius 2 is 1.55 bits per heavy atom. The molecular weight excluding hydrogens is 560 g/mol. The second-order valence-electron chi connectivity index (χ2n) is 8.51. The highest BCUT2D eigenvalue weighted by molar-refractivity contribution is 6.07. The van der Waals surface area contributed by atoms with Crippen molar-refractivity contribution in [3.8, 4) is 17.2 Å². The van der Waals surface area contributed by atoms with Crippen LogP contribution in [0.1, 0.15) is 50.6 Å². The fourth-order valence-corrected chi connectivity index (χ4v) is 3.75. The van der Waals surface area contributed by atoms with E-state index in [2.05, 4.69) is 4.74 Å². The van der Waals surface area contributed by atoms with Gasteiger partial charge in [0.2, 0.25) is 0 Å². The zero-order chi connectivity index (χ0) is 29.4. The molecule has 4 rings (SSSR count). The number of rotatable bonds is 7. The van der Waals surface area contributed by atoms with Gasteiger partial charge in [0.25, 0.3) is 11.8 Å². The van der Waals surface area contributed by atoms with E-state index in [0.717, 1.165) is 30.3 Å². The molecule has 3 N–H and O–H groups in total. The first kappa shape index (κ1) is 28.6. The lowest BCUT2D eigenvalue weighted by molar-refractivity contribution is -0.274. The molecule has 0 radical (unpaired) electrons. The number of nitrogens with one attached hydrogen (secondary N) is 2. The molecule has 1 aliphatic carbocycles. The van der Waals surface area contributed by atoms with Crippen LogP contribution in [0.2, 0.25) is 0 Å². The van der Waals surface area contributed by atoms with E-state index in [4.69, 9.17) is 9.94 Å².